The lowest BCUT2D eigenvalue weighted by Gasteiger charge is -2.19. The predicted octanol–water partition coefficient (Wildman–Crippen LogP) is 4.57. The highest BCUT2D eigenvalue weighted by Gasteiger charge is 2.14. The fraction of sp³-hybridized carbons (Fsp3) is 0.632. The van der Waals surface area contributed by atoms with Gasteiger partial charge in [0.1, 0.15) is 5.60 Å². The quantitative estimate of drug-likeness (QED) is 0.506. The molecule has 0 amide bonds. The van der Waals surface area contributed by atoms with Crippen molar-refractivity contribution in [2.45, 2.75) is 78.7 Å². The SMILES string of the molecule is C=C(N)/C=C(/CCCC)C(=C)N.CCCCC(=O)OC(C)(C)C. The van der Waals surface area contributed by atoms with Crippen molar-refractivity contribution in [3.05, 3.63) is 36.2 Å². The summed E-state index contributed by atoms with van der Waals surface area (Å²) in [6.07, 6.45) is 7.49. The van der Waals surface area contributed by atoms with Crippen LogP contribution in [-0.2, 0) is 9.53 Å². The second kappa shape index (κ2) is 12.8. The summed E-state index contributed by atoms with van der Waals surface area (Å²) >= 11 is 0. The van der Waals surface area contributed by atoms with E-state index in [1.54, 1.807) is 6.08 Å². The van der Waals surface area contributed by atoms with Crippen molar-refractivity contribution in [1.82, 2.24) is 0 Å². The van der Waals surface area contributed by atoms with Crippen LogP contribution >= 0.6 is 0 Å². The van der Waals surface area contributed by atoms with Crippen LogP contribution in [-0.4, -0.2) is 11.6 Å². The first kappa shape index (κ1) is 23.6. The molecule has 4 heteroatoms. The third kappa shape index (κ3) is 18.2. The highest BCUT2D eigenvalue weighted by molar-refractivity contribution is 5.69. The fourth-order valence-corrected chi connectivity index (χ4v) is 1.63. The molecule has 0 radical (unpaired) electrons. The van der Waals surface area contributed by atoms with Crippen LogP contribution in [0.1, 0.15) is 73.1 Å². The highest BCUT2D eigenvalue weighted by Crippen LogP contribution is 2.12. The molecule has 0 heterocycles. The molecule has 0 aromatic heterocycles. The van der Waals surface area contributed by atoms with Gasteiger partial charge in [-0.2, -0.15) is 0 Å². The van der Waals surface area contributed by atoms with Crippen LogP contribution in [0.5, 0.6) is 0 Å². The van der Waals surface area contributed by atoms with Crippen molar-refractivity contribution >= 4 is 5.97 Å². The average molecular weight is 325 g/mol. The summed E-state index contributed by atoms with van der Waals surface area (Å²) in [4.78, 5) is 11.0. The Labute approximate surface area is 142 Å². The number of carbonyl (C=O) groups is 1. The Bertz CT molecular complexity index is 404. The molecule has 0 aliphatic heterocycles. The van der Waals surface area contributed by atoms with Crippen LogP contribution in [0.2, 0.25) is 0 Å². The summed E-state index contributed by atoms with van der Waals surface area (Å²) < 4.78 is 5.10. The average Bonchev–Trinajstić information content (AvgIpc) is 2.39. The van der Waals surface area contributed by atoms with Crippen molar-refractivity contribution < 1.29 is 9.53 Å². The van der Waals surface area contributed by atoms with E-state index < -0.39 is 0 Å². The van der Waals surface area contributed by atoms with Crippen LogP contribution in [0.3, 0.4) is 0 Å². The maximum absolute atomic E-state index is 11.0. The number of allylic oxidation sites excluding steroid dienone is 2. The molecule has 0 spiro atoms. The fourth-order valence-electron chi connectivity index (χ4n) is 1.63. The Morgan fingerprint density at radius 2 is 1.52 bits per heavy atom. The standard InChI is InChI=1S/C10H18N2.C9H18O2/c1-4-5-6-10(9(3)12)7-8(2)11;1-5-6-7-8(10)11-9(2,3)4/h7H,2-6,11-12H2,1H3;5-7H2,1-4H3/b10-7-;. The van der Waals surface area contributed by atoms with Crippen LogP contribution in [0.15, 0.2) is 36.2 Å². The summed E-state index contributed by atoms with van der Waals surface area (Å²) in [6.45, 7) is 17.1. The molecule has 0 aromatic carbocycles. The maximum atomic E-state index is 11.0. The van der Waals surface area contributed by atoms with Crippen LogP contribution in [0.4, 0.5) is 0 Å². The molecule has 0 fully saturated rings. The van der Waals surface area contributed by atoms with Crippen LogP contribution in [0.25, 0.3) is 0 Å². The van der Waals surface area contributed by atoms with Crippen LogP contribution < -0.4 is 11.5 Å². The lowest BCUT2D eigenvalue weighted by molar-refractivity contribution is -0.154. The Morgan fingerprint density at radius 3 is 1.87 bits per heavy atom. The molecule has 0 saturated carbocycles. The normalized spacial score (nSPS) is 11.3. The second-order valence-electron chi connectivity index (χ2n) is 6.56. The molecule has 134 valence electrons. The number of nitrogens with two attached hydrogens (primary N) is 2. The Hall–Kier alpha value is -1.71. The molecule has 4 nitrogen and oxygen atoms in total. The van der Waals surface area contributed by atoms with E-state index in [-0.39, 0.29) is 11.6 Å². The number of esters is 1. The molecule has 0 aliphatic rings. The smallest absolute Gasteiger partial charge is 0.306 e. The zero-order valence-corrected chi connectivity index (χ0v) is 15.7. The van der Waals surface area contributed by atoms with E-state index in [1.807, 2.05) is 20.8 Å². The topological polar surface area (TPSA) is 78.3 Å². The summed E-state index contributed by atoms with van der Waals surface area (Å²) in [5.41, 5.74) is 12.8. The van der Waals surface area contributed by atoms with E-state index >= 15 is 0 Å². The number of ether oxygens (including phenoxy) is 1. The molecular formula is C19H36N2O2. The molecule has 0 bridgehead atoms. The first-order chi connectivity index (χ1) is 10.5. The van der Waals surface area contributed by atoms with E-state index in [4.69, 9.17) is 16.2 Å². The highest BCUT2D eigenvalue weighted by atomic mass is 16.6. The summed E-state index contributed by atoms with van der Waals surface area (Å²) in [7, 11) is 0. The molecule has 23 heavy (non-hydrogen) atoms. The van der Waals surface area contributed by atoms with E-state index in [0.717, 1.165) is 37.7 Å². The Morgan fingerprint density at radius 1 is 1.04 bits per heavy atom. The van der Waals surface area contributed by atoms with Gasteiger partial charge in [-0.15, -0.1) is 0 Å². The van der Waals surface area contributed by atoms with Crippen LogP contribution in [0, 0.1) is 0 Å². The number of hydrogen-bond acceptors (Lipinski definition) is 4. The van der Waals surface area contributed by atoms with Crippen molar-refractivity contribution in [2.24, 2.45) is 11.5 Å². The van der Waals surface area contributed by atoms with Gasteiger partial charge in [0.15, 0.2) is 0 Å². The molecule has 0 unspecified atom stereocenters. The van der Waals surface area contributed by atoms with Gasteiger partial charge < -0.3 is 16.2 Å². The monoisotopic (exact) mass is 324 g/mol. The lowest BCUT2D eigenvalue weighted by atomic mass is 10.1. The minimum absolute atomic E-state index is 0.0839. The zero-order chi connectivity index (χ0) is 18.5. The molecule has 0 atom stereocenters. The van der Waals surface area contributed by atoms with Gasteiger partial charge in [0.2, 0.25) is 0 Å². The van der Waals surface area contributed by atoms with Gasteiger partial charge in [-0.1, -0.05) is 39.8 Å². The number of hydrogen-bond donors (Lipinski definition) is 2. The summed E-state index contributed by atoms with van der Waals surface area (Å²) in [5.74, 6) is -0.0839. The van der Waals surface area contributed by atoms with Gasteiger partial charge in [-0.05, 0) is 51.7 Å². The largest absolute Gasteiger partial charge is 0.460 e. The molecular weight excluding hydrogens is 288 g/mol. The van der Waals surface area contributed by atoms with Gasteiger partial charge >= 0.3 is 5.97 Å². The van der Waals surface area contributed by atoms with Crippen molar-refractivity contribution in [1.29, 1.82) is 0 Å². The zero-order valence-electron chi connectivity index (χ0n) is 15.7. The van der Waals surface area contributed by atoms with Gasteiger partial charge in [0.25, 0.3) is 0 Å². The summed E-state index contributed by atoms with van der Waals surface area (Å²) in [6, 6.07) is 0. The number of carbonyl (C=O) groups excluding carboxylic acids is 1. The van der Waals surface area contributed by atoms with Gasteiger partial charge in [0.05, 0.1) is 0 Å². The summed E-state index contributed by atoms with van der Waals surface area (Å²) in [5, 5.41) is 0. The Kier molecular flexibility index (Phi) is 13.1. The van der Waals surface area contributed by atoms with Crippen molar-refractivity contribution in [3.63, 3.8) is 0 Å². The maximum Gasteiger partial charge on any atom is 0.306 e. The molecule has 4 N–H and O–H groups in total. The molecule has 0 aromatic rings. The first-order valence-corrected chi connectivity index (χ1v) is 8.35. The van der Waals surface area contributed by atoms with Gasteiger partial charge in [0, 0.05) is 17.8 Å². The third-order valence-electron chi connectivity index (χ3n) is 2.73. The minimum atomic E-state index is -0.329. The van der Waals surface area contributed by atoms with E-state index in [0.29, 0.717) is 17.8 Å². The van der Waals surface area contributed by atoms with Gasteiger partial charge in [-0.25, -0.2) is 0 Å². The second-order valence-corrected chi connectivity index (χ2v) is 6.56. The lowest BCUT2D eigenvalue weighted by Crippen LogP contribution is -2.23. The Balaban J connectivity index is 0. The molecule has 0 aliphatic carbocycles. The number of unbranched alkanes of at least 4 members (excludes halogenated alkanes) is 2. The third-order valence-corrected chi connectivity index (χ3v) is 2.73. The van der Waals surface area contributed by atoms with Crippen molar-refractivity contribution in [2.75, 3.05) is 0 Å². The molecule has 0 saturated heterocycles. The number of rotatable bonds is 8. The first-order valence-electron chi connectivity index (χ1n) is 8.35. The van der Waals surface area contributed by atoms with E-state index in [1.165, 1.54) is 0 Å². The molecule has 0 rings (SSSR count). The van der Waals surface area contributed by atoms with Crippen molar-refractivity contribution in [3.8, 4) is 0 Å². The van der Waals surface area contributed by atoms with Gasteiger partial charge in [-0.3, -0.25) is 4.79 Å². The van der Waals surface area contributed by atoms with E-state index in [2.05, 4.69) is 27.0 Å². The predicted molar refractivity (Wildman–Crippen MR) is 99.6 cm³/mol. The van der Waals surface area contributed by atoms with E-state index in [9.17, 15) is 4.79 Å². The minimum Gasteiger partial charge on any atom is -0.460 e.